The topological polar surface area (TPSA) is 0 Å². The zero-order chi connectivity index (χ0) is 40.6. The number of rotatable bonds is 48. The van der Waals surface area contributed by atoms with Gasteiger partial charge in [0, 0.05) is 0 Å². The van der Waals surface area contributed by atoms with E-state index in [0.29, 0.717) is 0 Å². The van der Waals surface area contributed by atoms with Crippen LogP contribution < -0.4 is 0 Å². The maximum Gasteiger partial charge on any atom is 0.0784 e. The molecule has 0 saturated carbocycles. The van der Waals surface area contributed by atoms with Crippen LogP contribution in [0.4, 0.5) is 0 Å². The molecule has 0 atom stereocenters. The Hall–Kier alpha value is -0.820. The zero-order valence-corrected chi connectivity index (χ0v) is 39.7. The number of hydrogen-bond donors (Lipinski definition) is 0. The van der Waals surface area contributed by atoms with E-state index in [2.05, 4.69) is 64.3 Å². The van der Waals surface area contributed by atoms with Crippen LogP contribution in [-0.4, -0.2) is 31.2 Å². The molecule has 56 heavy (non-hydrogen) atoms. The molecule has 0 unspecified atom stereocenters. The van der Waals surface area contributed by atoms with Gasteiger partial charge in [-0.05, 0) is 116 Å². The summed E-state index contributed by atoms with van der Waals surface area (Å²) in [7, 11) is 2.62. The molecule has 0 aliphatic rings. The molecule has 0 heterocycles. The maximum atomic E-state index is 2.62. The lowest BCUT2D eigenvalue weighted by Gasteiger charge is -2.35. The largest absolute Gasteiger partial charge is 0.326 e. The van der Waals surface area contributed by atoms with Crippen LogP contribution >= 0.6 is 0 Å². The van der Waals surface area contributed by atoms with Crippen molar-refractivity contribution in [2.45, 2.75) is 290 Å². The third-order valence-corrected chi connectivity index (χ3v) is 12.6. The molecular formula is C55H108N+. The van der Waals surface area contributed by atoms with Crippen molar-refractivity contribution in [1.82, 2.24) is 0 Å². The van der Waals surface area contributed by atoms with Crippen molar-refractivity contribution >= 4 is 0 Å². The van der Waals surface area contributed by atoms with Gasteiger partial charge >= 0.3 is 0 Å². The lowest BCUT2D eigenvalue weighted by atomic mass is 10.1. The van der Waals surface area contributed by atoms with Crippen LogP contribution in [-0.2, 0) is 0 Å². The summed E-state index contributed by atoms with van der Waals surface area (Å²) in [6, 6.07) is 0. The Bertz CT molecular complexity index is 688. The van der Waals surface area contributed by atoms with E-state index in [1.165, 1.54) is 294 Å². The van der Waals surface area contributed by atoms with Gasteiger partial charge in [0.15, 0.2) is 0 Å². The molecule has 332 valence electrons. The van der Waals surface area contributed by atoms with Crippen molar-refractivity contribution in [3.8, 4) is 0 Å². The Morgan fingerprint density at radius 2 is 0.375 bits per heavy atom. The van der Waals surface area contributed by atoms with Crippen molar-refractivity contribution < 1.29 is 4.48 Å². The lowest BCUT2D eigenvalue weighted by molar-refractivity contribution is -0.910. The third-order valence-electron chi connectivity index (χ3n) is 12.6. The average Bonchev–Trinajstić information content (AvgIpc) is 3.20. The van der Waals surface area contributed by atoms with Gasteiger partial charge in [-0.25, -0.2) is 0 Å². The van der Waals surface area contributed by atoms with Crippen LogP contribution in [0.15, 0.2) is 36.5 Å². The first-order valence-electron chi connectivity index (χ1n) is 26.5. The van der Waals surface area contributed by atoms with Crippen molar-refractivity contribution in [1.29, 1.82) is 0 Å². The molecule has 0 bridgehead atoms. The molecule has 0 aromatic heterocycles. The molecule has 0 amide bonds. The first-order valence-corrected chi connectivity index (χ1v) is 26.5. The molecular weight excluding hydrogens is 675 g/mol. The highest BCUT2D eigenvalue weighted by atomic mass is 15.3. The number of hydrogen-bond acceptors (Lipinski definition) is 0. The Kier molecular flexibility index (Phi) is 47.8. The van der Waals surface area contributed by atoms with Crippen LogP contribution in [0.1, 0.15) is 290 Å². The normalized spacial score (nSPS) is 12.4. The fraction of sp³-hybridized carbons (Fsp3) is 0.891. The summed E-state index contributed by atoms with van der Waals surface area (Å²) in [6.07, 6.45) is 73.9. The zero-order valence-electron chi connectivity index (χ0n) is 39.7. The Morgan fingerprint density at radius 1 is 0.214 bits per heavy atom. The second kappa shape index (κ2) is 48.5. The SMILES string of the molecule is CCCCCCCCC=CCCCCCCCC[N+](C)(CCCCCCCC/C=C\CCCCCCCC)CCCCCCCC/C=C\CCCCCCCC. The molecule has 1 heteroatoms. The van der Waals surface area contributed by atoms with Gasteiger partial charge in [-0.1, -0.05) is 211 Å². The van der Waals surface area contributed by atoms with Crippen molar-refractivity contribution in [3.63, 3.8) is 0 Å². The highest BCUT2D eigenvalue weighted by Crippen LogP contribution is 2.18. The van der Waals surface area contributed by atoms with E-state index in [4.69, 9.17) is 0 Å². The molecule has 0 aromatic rings. The van der Waals surface area contributed by atoms with Gasteiger partial charge in [-0.15, -0.1) is 0 Å². The number of allylic oxidation sites excluding steroid dienone is 6. The Balaban J connectivity index is 4.19. The molecule has 0 saturated heterocycles. The van der Waals surface area contributed by atoms with E-state index in [9.17, 15) is 0 Å². The Labute approximate surface area is 356 Å². The van der Waals surface area contributed by atoms with E-state index in [0.717, 1.165) is 0 Å². The lowest BCUT2D eigenvalue weighted by Crippen LogP contribution is -2.46. The van der Waals surface area contributed by atoms with Gasteiger partial charge in [0.25, 0.3) is 0 Å². The fourth-order valence-corrected chi connectivity index (χ4v) is 8.56. The molecule has 0 rings (SSSR count). The van der Waals surface area contributed by atoms with Crippen LogP contribution in [0.3, 0.4) is 0 Å². The van der Waals surface area contributed by atoms with Gasteiger partial charge in [0.1, 0.15) is 0 Å². The highest BCUT2D eigenvalue weighted by molar-refractivity contribution is 4.82. The van der Waals surface area contributed by atoms with Gasteiger partial charge in [-0.2, -0.15) is 0 Å². The molecule has 0 fully saturated rings. The van der Waals surface area contributed by atoms with Crippen LogP contribution in [0.2, 0.25) is 0 Å². The Morgan fingerprint density at radius 3 is 0.571 bits per heavy atom. The van der Waals surface area contributed by atoms with Crippen molar-refractivity contribution in [2.75, 3.05) is 26.7 Å². The van der Waals surface area contributed by atoms with Crippen LogP contribution in [0.25, 0.3) is 0 Å². The standard InChI is InChI=1S/C55H108N/c1-5-8-11-14-17-20-23-26-29-32-35-38-41-44-47-50-53-56(4,54-51-48-45-42-39-36-33-30-27-24-21-18-15-12-9-6-2)55-52-49-46-43-40-37-34-31-28-25-22-19-16-13-10-7-3/h26-31H,5-25,32-55H2,1-4H3/q+1/b29-26-,30-27-,31-28?. The van der Waals surface area contributed by atoms with Gasteiger partial charge < -0.3 is 4.48 Å². The molecule has 0 spiro atoms. The molecule has 0 aliphatic carbocycles. The van der Waals surface area contributed by atoms with E-state index >= 15 is 0 Å². The molecule has 0 aromatic carbocycles. The molecule has 0 aliphatic heterocycles. The van der Waals surface area contributed by atoms with Gasteiger partial charge in [-0.3, -0.25) is 0 Å². The summed E-state index contributed by atoms with van der Waals surface area (Å²) in [6.45, 7) is 11.2. The minimum atomic E-state index is 1.30. The molecule has 1 nitrogen and oxygen atoms in total. The van der Waals surface area contributed by atoms with Crippen LogP contribution in [0, 0.1) is 0 Å². The van der Waals surface area contributed by atoms with Gasteiger partial charge in [0.2, 0.25) is 0 Å². The quantitative estimate of drug-likeness (QED) is 0.0328. The maximum absolute atomic E-state index is 2.62. The predicted molar refractivity (Wildman–Crippen MR) is 259 cm³/mol. The minimum absolute atomic E-state index is 1.30. The summed E-state index contributed by atoms with van der Waals surface area (Å²) in [4.78, 5) is 0. The summed E-state index contributed by atoms with van der Waals surface area (Å²) in [5.41, 5.74) is 0. The highest BCUT2D eigenvalue weighted by Gasteiger charge is 2.20. The number of quaternary nitrogens is 1. The minimum Gasteiger partial charge on any atom is -0.326 e. The van der Waals surface area contributed by atoms with E-state index in [-0.39, 0.29) is 0 Å². The second-order valence-electron chi connectivity index (χ2n) is 18.6. The summed E-state index contributed by atoms with van der Waals surface area (Å²) < 4.78 is 1.34. The summed E-state index contributed by atoms with van der Waals surface area (Å²) in [5, 5.41) is 0. The number of nitrogens with zero attached hydrogens (tertiary/aromatic N) is 1. The summed E-state index contributed by atoms with van der Waals surface area (Å²) in [5.74, 6) is 0. The second-order valence-corrected chi connectivity index (χ2v) is 18.6. The first-order chi connectivity index (χ1) is 27.7. The smallest absolute Gasteiger partial charge is 0.0784 e. The van der Waals surface area contributed by atoms with E-state index < -0.39 is 0 Å². The van der Waals surface area contributed by atoms with Gasteiger partial charge in [0.05, 0.1) is 26.7 Å². The van der Waals surface area contributed by atoms with E-state index in [1.807, 2.05) is 0 Å². The predicted octanol–water partition coefficient (Wildman–Crippen LogP) is 19.5. The van der Waals surface area contributed by atoms with Crippen molar-refractivity contribution in [3.05, 3.63) is 36.5 Å². The molecule has 0 radical (unpaired) electrons. The average molecular weight is 783 g/mol. The van der Waals surface area contributed by atoms with Crippen molar-refractivity contribution in [2.24, 2.45) is 0 Å². The fourth-order valence-electron chi connectivity index (χ4n) is 8.56. The number of unbranched alkanes of at least 4 members (excludes halogenated alkanes) is 36. The first kappa shape index (κ1) is 55.2. The van der Waals surface area contributed by atoms with E-state index in [1.54, 1.807) is 0 Å². The monoisotopic (exact) mass is 783 g/mol. The summed E-state index contributed by atoms with van der Waals surface area (Å²) >= 11 is 0. The van der Waals surface area contributed by atoms with Crippen LogP contribution in [0.5, 0.6) is 0 Å². The molecule has 0 N–H and O–H groups in total. The third kappa shape index (κ3) is 45.9.